The third-order valence-electron chi connectivity index (χ3n) is 9.08. The maximum Gasteiger partial charge on any atom is 0.494 e. The Labute approximate surface area is 222 Å². The van der Waals surface area contributed by atoms with Crippen LogP contribution in [-0.4, -0.2) is 26.2 Å². The van der Waals surface area contributed by atoms with E-state index in [1.54, 1.807) is 0 Å². The van der Waals surface area contributed by atoms with E-state index in [9.17, 15) is 0 Å². The van der Waals surface area contributed by atoms with E-state index in [4.69, 9.17) is 17.2 Å². The molecule has 2 aliphatic rings. The Morgan fingerprint density at radius 3 is 1.92 bits per heavy atom. The standard InChI is InChI=1S/C32H46B2O2/c1-6-7-8-9-14-21-32(22-15-10-11-16-23-33)28-18-13-12-17-26(28)27-20-19-25(24-29(27)32)34-35-30(2,3)31(4,5)36-34/h12-13,17-20,24H,6-11,14-16,21-23H2,1-5H3. The molecule has 1 unspecified atom stereocenters. The van der Waals surface area contributed by atoms with Gasteiger partial charge in [0, 0.05) is 5.41 Å². The maximum atomic E-state index is 6.47. The second-order valence-corrected chi connectivity index (χ2v) is 12.1. The Balaban J connectivity index is 1.69. The maximum absolute atomic E-state index is 6.47. The summed E-state index contributed by atoms with van der Waals surface area (Å²) in [5.74, 6) is 0. The number of rotatable bonds is 13. The topological polar surface area (TPSA) is 18.5 Å². The van der Waals surface area contributed by atoms with Crippen LogP contribution in [0.3, 0.4) is 0 Å². The first kappa shape index (κ1) is 27.5. The molecule has 0 amide bonds. The van der Waals surface area contributed by atoms with Gasteiger partial charge >= 0.3 is 7.12 Å². The van der Waals surface area contributed by atoms with Crippen molar-refractivity contribution < 1.29 is 9.31 Å². The SMILES string of the molecule is [B]CCCCCCC1(CCCCCCC)c2ccccc2-c2ccc(B3OC(C)(C)C(C)(C)O3)cc21. The van der Waals surface area contributed by atoms with Crippen LogP contribution in [0, 0.1) is 0 Å². The highest BCUT2D eigenvalue weighted by molar-refractivity contribution is 6.62. The van der Waals surface area contributed by atoms with Gasteiger partial charge in [-0.2, -0.15) is 0 Å². The van der Waals surface area contributed by atoms with Gasteiger partial charge < -0.3 is 9.31 Å². The second kappa shape index (κ2) is 11.5. The van der Waals surface area contributed by atoms with Crippen LogP contribution in [0.4, 0.5) is 0 Å². The molecule has 4 rings (SSSR count). The summed E-state index contributed by atoms with van der Waals surface area (Å²) in [5.41, 5.74) is 6.40. The normalized spacial score (nSPS) is 21.5. The molecule has 1 fully saturated rings. The molecule has 0 spiro atoms. The third-order valence-corrected chi connectivity index (χ3v) is 9.08. The van der Waals surface area contributed by atoms with E-state index in [0.717, 1.165) is 18.2 Å². The first-order valence-electron chi connectivity index (χ1n) is 14.6. The molecule has 0 aromatic heterocycles. The molecule has 1 atom stereocenters. The van der Waals surface area contributed by atoms with Gasteiger partial charge in [-0.3, -0.25) is 0 Å². The molecule has 36 heavy (non-hydrogen) atoms. The van der Waals surface area contributed by atoms with Crippen molar-refractivity contribution in [3.8, 4) is 11.1 Å². The fraction of sp³-hybridized carbons (Fsp3) is 0.625. The predicted molar refractivity (Wildman–Crippen MR) is 155 cm³/mol. The quantitative estimate of drug-likeness (QED) is 0.211. The first-order chi connectivity index (χ1) is 17.3. The van der Waals surface area contributed by atoms with Crippen LogP contribution in [0.5, 0.6) is 0 Å². The second-order valence-electron chi connectivity index (χ2n) is 12.1. The van der Waals surface area contributed by atoms with Crippen LogP contribution in [0.15, 0.2) is 42.5 Å². The van der Waals surface area contributed by atoms with E-state index in [0.29, 0.717) is 0 Å². The minimum atomic E-state index is -0.334. The summed E-state index contributed by atoms with van der Waals surface area (Å²) in [6.07, 6.45) is 14.6. The molecule has 2 radical (unpaired) electrons. The fourth-order valence-corrected chi connectivity index (χ4v) is 6.22. The molecule has 2 nitrogen and oxygen atoms in total. The summed E-state index contributed by atoms with van der Waals surface area (Å²) in [4.78, 5) is 0. The van der Waals surface area contributed by atoms with Gasteiger partial charge in [-0.25, -0.2) is 0 Å². The average molecular weight is 484 g/mol. The van der Waals surface area contributed by atoms with Gasteiger partial charge in [0.15, 0.2) is 0 Å². The summed E-state index contributed by atoms with van der Waals surface area (Å²) < 4.78 is 12.9. The highest BCUT2D eigenvalue weighted by Crippen LogP contribution is 2.54. The molecule has 192 valence electrons. The highest BCUT2D eigenvalue weighted by Gasteiger charge is 2.52. The van der Waals surface area contributed by atoms with E-state index in [-0.39, 0.29) is 23.7 Å². The lowest BCUT2D eigenvalue weighted by molar-refractivity contribution is 0.00578. The number of unbranched alkanes of at least 4 members (excludes halogenated alkanes) is 7. The van der Waals surface area contributed by atoms with E-state index in [2.05, 4.69) is 77.1 Å². The van der Waals surface area contributed by atoms with Gasteiger partial charge in [0.2, 0.25) is 0 Å². The third kappa shape index (κ3) is 5.37. The summed E-state index contributed by atoms with van der Waals surface area (Å²) in [5, 5.41) is 0. The number of benzene rings is 2. The molecule has 2 aromatic carbocycles. The molecule has 1 aliphatic carbocycles. The van der Waals surface area contributed by atoms with Crippen molar-refractivity contribution in [3.05, 3.63) is 53.6 Å². The van der Waals surface area contributed by atoms with Crippen LogP contribution in [0.1, 0.15) is 116 Å². The Morgan fingerprint density at radius 1 is 0.694 bits per heavy atom. The van der Waals surface area contributed by atoms with E-state index < -0.39 is 0 Å². The molecule has 4 heteroatoms. The van der Waals surface area contributed by atoms with Gasteiger partial charge in [0.05, 0.1) is 19.0 Å². The number of hydrogen-bond donors (Lipinski definition) is 0. The molecule has 0 bridgehead atoms. The lowest BCUT2D eigenvalue weighted by Crippen LogP contribution is -2.41. The predicted octanol–water partition coefficient (Wildman–Crippen LogP) is 8.15. The first-order valence-corrected chi connectivity index (χ1v) is 14.6. The Hall–Kier alpha value is -1.51. The van der Waals surface area contributed by atoms with Crippen LogP contribution in [0.2, 0.25) is 6.32 Å². The van der Waals surface area contributed by atoms with Crippen molar-refractivity contribution in [1.29, 1.82) is 0 Å². The van der Waals surface area contributed by atoms with E-state index in [1.807, 2.05) is 0 Å². The lowest BCUT2D eigenvalue weighted by Gasteiger charge is -2.33. The molecular weight excluding hydrogens is 438 g/mol. The summed E-state index contributed by atoms with van der Waals surface area (Å²) >= 11 is 0. The van der Waals surface area contributed by atoms with Crippen molar-refractivity contribution in [3.63, 3.8) is 0 Å². The van der Waals surface area contributed by atoms with Crippen LogP contribution in [-0.2, 0) is 14.7 Å². The largest absolute Gasteiger partial charge is 0.494 e. The van der Waals surface area contributed by atoms with E-state index in [1.165, 1.54) is 86.5 Å². The van der Waals surface area contributed by atoms with Crippen molar-refractivity contribution in [1.82, 2.24) is 0 Å². The van der Waals surface area contributed by atoms with Gasteiger partial charge in [-0.1, -0.05) is 113 Å². The van der Waals surface area contributed by atoms with Gasteiger partial charge in [-0.15, -0.1) is 0 Å². The minimum absolute atomic E-state index is 0.0699. The van der Waals surface area contributed by atoms with Crippen molar-refractivity contribution in [2.45, 2.75) is 128 Å². The van der Waals surface area contributed by atoms with Crippen LogP contribution in [0.25, 0.3) is 11.1 Å². The van der Waals surface area contributed by atoms with E-state index >= 15 is 0 Å². The molecule has 1 heterocycles. The zero-order valence-corrected chi connectivity index (χ0v) is 23.5. The van der Waals surface area contributed by atoms with Gasteiger partial charge in [0.1, 0.15) is 0 Å². The minimum Gasteiger partial charge on any atom is -0.399 e. The zero-order valence-electron chi connectivity index (χ0n) is 23.5. The van der Waals surface area contributed by atoms with Crippen molar-refractivity contribution in [2.24, 2.45) is 0 Å². The lowest BCUT2D eigenvalue weighted by atomic mass is 9.68. The van der Waals surface area contributed by atoms with Crippen molar-refractivity contribution >= 4 is 20.4 Å². The highest BCUT2D eigenvalue weighted by atomic mass is 16.7. The Bertz CT molecular complexity index is 983. The summed E-state index contributed by atoms with van der Waals surface area (Å²) in [7, 11) is 5.46. The number of fused-ring (bicyclic) bond motifs is 3. The fourth-order valence-electron chi connectivity index (χ4n) is 6.22. The summed E-state index contributed by atoms with van der Waals surface area (Å²) in [6, 6.07) is 16.2. The Kier molecular flexibility index (Phi) is 8.78. The summed E-state index contributed by atoms with van der Waals surface area (Å²) in [6.45, 7) is 10.8. The molecule has 2 aromatic rings. The number of hydrogen-bond acceptors (Lipinski definition) is 2. The Morgan fingerprint density at radius 2 is 1.28 bits per heavy atom. The van der Waals surface area contributed by atoms with Crippen LogP contribution < -0.4 is 5.46 Å². The molecule has 1 saturated heterocycles. The van der Waals surface area contributed by atoms with Crippen molar-refractivity contribution in [2.75, 3.05) is 0 Å². The van der Waals surface area contributed by atoms with Crippen LogP contribution >= 0.6 is 0 Å². The molecular formula is C32H46B2O2. The molecule has 0 saturated carbocycles. The smallest absolute Gasteiger partial charge is 0.399 e. The monoisotopic (exact) mass is 484 g/mol. The van der Waals surface area contributed by atoms with Gasteiger partial charge in [0.25, 0.3) is 0 Å². The average Bonchev–Trinajstić information content (AvgIpc) is 3.25. The van der Waals surface area contributed by atoms with Gasteiger partial charge in [-0.05, 0) is 68.3 Å². The zero-order chi connectivity index (χ0) is 25.8. The molecule has 0 N–H and O–H groups in total. The molecule has 1 aliphatic heterocycles.